The summed E-state index contributed by atoms with van der Waals surface area (Å²) in [5.41, 5.74) is 4.46. The number of hydrogen-bond donors (Lipinski definition) is 1. The second kappa shape index (κ2) is 9.63. The molecule has 3 aromatic rings. The Labute approximate surface area is 195 Å². The van der Waals surface area contributed by atoms with Gasteiger partial charge in [-0.25, -0.2) is 4.98 Å². The van der Waals surface area contributed by atoms with E-state index in [0.717, 1.165) is 51.6 Å². The van der Waals surface area contributed by atoms with E-state index in [1.165, 1.54) is 16.8 Å². The molecule has 33 heavy (non-hydrogen) atoms. The number of aromatic nitrogens is 1. The highest BCUT2D eigenvalue weighted by molar-refractivity contribution is 5.99. The molecule has 0 saturated carbocycles. The summed E-state index contributed by atoms with van der Waals surface area (Å²) in [6, 6.07) is 23.1. The van der Waals surface area contributed by atoms with Crippen LogP contribution in [0.5, 0.6) is 0 Å². The van der Waals surface area contributed by atoms with E-state index in [2.05, 4.69) is 75.6 Å². The minimum Gasteiger partial charge on any atom is -0.368 e. The van der Waals surface area contributed by atoms with Crippen LogP contribution in [0.3, 0.4) is 0 Å². The van der Waals surface area contributed by atoms with E-state index in [1.54, 1.807) is 6.20 Å². The summed E-state index contributed by atoms with van der Waals surface area (Å²) in [6.45, 7) is 7.72. The predicted molar refractivity (Wildman–Crippen MR) is 133 cm³/mol. The van der Waals surface area contributed by atoms with Gasteiger partial charge in [-0.1, -0.05) is 42.5 Å². The SMILES string of the molecule is Cc1cccc(N2CCN(C(=O)c3cccnc3N3CCN[C@@H](c4ccccc4)C3)CC2)c1. The molecule has 0 radical (unpaired) electrons. The molecule has 2 aromatic carbocycles. The molecule has 0 bridgehead atoms. The molecule has 0 aliphatic carbocycles. The molecule has 1 atom stereocenters. The quantitative estimate of drug-likeness (QED) is 0.672. The van der Waals surface area contributed by atoms with Gasteiger partial charge < -0.3 is 20.0 Å². The third-order valence-electron chi connectivity index (χ3n) is 6.63. The largest absolute Gasteiger partial charge is 0.368 e. The summed E-state index contributed by atoms with van der Waals surface area (Å²) in [5.74, 6) is 0.878. The normalized spacial score (nSPS) is 18.9. The Morgan fingerprint density at radius 2 is 1.73 bits per heavy atom. The zero-order valence-electron chi connectivity index (χ0n) is 19.2. The molecule has 0 unspecified atom stereocenters. The number of anilines is 2. The molecule has 1 amide bonds. The second-order valence-electron chi connectivity index (χ2n) is 8.86. The zero-order valence-corrected chi connectivity index (χ0v) is 19.2. The van der Waals surface area contributed by atoms with E-state index in [-0.39, 0.29) is 11.9 Å². The molecule has 6 nitrogen and oxygen atoms in total. The summed E-state index contributed by atoms with van der Waals surface area (Å²) in [4.78, 5) is 24.8. The number of carbonyl (C=O) groups is 1. The van der Waals surface area contributed by atoms with Gasteiger partial charge in [-0.2, -0.15) is 0 Å². The molecular formula is C27H31N5O. The van der Waals surface area contributed by atoms with Crippen LogP contribution >= 0.6 is 0 Å². The van der Waals surface area contributed by atoms with Crippen molar-refractivity contribution in [3.05, 3.63) is 89.6 Å². The number of carbonyl (C=O) groups excluding carboxylic acids is 1. The van der Waals surface area contributed by atoms with Crippen molar-refractivity contribution >= 4 is 17.4 Å². The van der Waals surface area contributed by atoms with Crippen LogP contribution in [-0.2, 0) is 0 Å². The lowest BCUT2D eigenvalue weighted by atomic mass is 10.0. The van der Waals surface area contributed by atoms with Crippen LogP contribution in [-0.4, -0.2) is 61.6 Å². The van der Waals surface area contributed by atoms with Gasteiger partial charge in [0.1, 0.15) is 5.82 Å². The van der Waals surface area contributed by atoms with Crippen molar-refractivity contribution < 1.29 is 4.79 Å². The van der Waals surface area contributed by atoms with Gasteiger partial charge in [-0.15, -0.1) is 0 Å². The monoisotopic (exact) mass is 441 g/mol. The maximum Gasteiger partial charge on any atom is 0.257 e. The van der Waals surface area contributed by atoms with E-state index < -0.39 is 0 Å². The fourth-order valence-corrected chi connectivity index (χ4v) is 4.83. The van der Waals surface area contributed by atoms with Crippen LogP contribution < -0.4 is 15.1 Å². The first-order valence-corrected chi connectivity index (χ1v) is 11.8. The van der Waals surface area contributed by atoms with E-state index >= 15 is 0 Å². The number of rotatable bonds is 4. The molecule has 1 aromatic heterocycles. The van der Waals surface area contributed by atoms with E-state index in [1.807, 2.05) is 23.1 Å². The maximum atomic E-state index is 13.5. The molecule has 1 N–H and O–H groups in total. The third-order valence-corrected chi connectivity index (χ3v) is 6.63. The van der Waals surface area contributed by atoms with Gasteiger partial charge in [-0.3, -0.25) is 4.79 Å². The Morgan fingerprint density at radius 3 is 2.52 bits per heavy atom. The van der Waals surface area contributed by atoms with Crippen LogP contribution in [0.1, 0.15) is 27.5 Å². The van der Waals surface area contributed by atoms with Crippen LogP contribution in [0.4, 0.5) is 11.5 Å². The number of benzene rings is 2. The minimum atomic E-state index is 0.0804. The number of hydrogen-bond acceptors (Lipinski definition) is 5. The molecule has 5 rings (SSSR count). The summed E-state index contributed by atoms with van der Waals surface area (Å²) < 4.78 is 0. The van der Waals surface area contributed by atoms with Crippen molar-refractivity contribution in [1.82, 2.24) is 15.2 Å². The standard InChI is InChI=1S/C27H31N5O/c1-21-7-5-10-23(19-21)30-15-17-31(18-16-30)27(33)24-11-6-12-29-26(24)32-14-13-28-25(20-32)22-8-3-2-4-9-22/h2-12,19,25,28H,13-18,20H2,1H3/t25-/m1/s1. The van der Waals surface area contributed by atoms with Gasteiger partial charge in [-0.05, 0) is 42.3 Å². The lowest BCUT2D eigenvalue weighted by molar-refractivity contribution is 0.0747. The smallest absolute Gasteiger partial charge is 0.257 e. The molecular weight excluding hydrogens is 410 g/mol. The van der Waals surface area contributed by atoms with E-state index in [4.69, 9.17) is 0 Å². The van der Waals surface area contributed by atoms with Gasteiger partial charge in [0.25, 0.3) is 5.91 Å². The number of nitrogens with zero attached hydrogens (tertiary/aromatic N) is 4. The topological polar surface area (TPSA) is 51.7 Å². The Balaban J connectivity index is 1.29. The van der Waals surface area contributed by atoms with Crippen molar-refractivity contribution in [2.45, 2.75) is 13.0 Å². The first-order chi connectivity index (χ1) is 16.2. The van der Waals surface area contributed by atoms with Gasteiger partial charge in [0.2, 0.25) is 0 Å². The van der Waals surface area contributed by atoms with Crippen LogP contribution in [0.15, 0.2) is 72.9 Å². The maximum absolute atomic E-state index is 13.5. The number of piperazine rings is 2. The van der Waals surface area contributed by atoms with Gasteiger partial charge in [0.05, 0.1) is 5.56 Å². The van der Waals surface area contributed by atoms with Crippen molar-refractivity contribution in [1.29, 1.82) is 0 Å². The Bertz CT molecular complexity index is 1090. The van der Waals surface area contributed by atoms with Crippen molar-refractivity contribution in [3.8, 4) is 0 Å². The van der Waals surface area contributed by atoms with Crippen molar-refractivity contribution in [3.63, 3.8) is 0 Å². The minimum absolute atomic E-state index is 0.0804. The van der Waals surface area contributed by atoms with Crippen LogP contribution in [0.25, 0.3) is 0 Å². The first-order valence-electron chi connectivity index (χ1n) is 11.8. The van der Waals surface area contributed by atoms with Crippen molar-refractivity contribution in [2.24, 2.45) is 0 Å². The molecule has 170 valence electrons. The van der Waals surface area contributed by atoms with Crippen LogP contribution in [0, 0.1) is 6.92 Å². The highest BCUT2D eigenvalue weighted by Gasteiger charge is 2.28. The summed E-state index contributed by atoms with van der Waals surface area (Å²) in [6.07, 6.45) is 1.79. The average molecular weight is 442 g/mol. The fraction of sp³-hybridized carbons (Fsp3) is 0.333. The predicted octanol–water partition coefficient (Wildman–Crippen LogP) is 3.50. The highest BCUT2D eigenvalue weighted by Crippen LogP contribution is 2.26. The van der Waals surface area contributed by atoms with Gasteiger partial charge in [0.15, 0.2) is 0 Å². The number of amides is 1. The third kappa shape index (κ3) is 4.71. The van der Waals surface area contributed by atoms with Gasteiger partial charge in [0, 0.05) is 63.7 Å². The molecule has 6 heteroatoms. The van der Waals surface area contributed by atoms with Crippen LogP contribution in [0.2, 0.25) is 0 Å². The first kappa shape index (κ1) is 21.5. The van der Waals surface area contributed by atoms with Crippen molar-refractivity contribution in [2.75, 3.05) is 55.6 Å². The molecule has 2 aliphatic rings. The average Bonchev–Trinajstić information content (AvgIpc) is 2.89. The molecule has 0 spiro atoms. The van der Waals surface area contributed by atoms with E-state index in [0.29, 0.717) is 5.56 Å². The highest BCUT2D eigenvalue weighted by atomic mass is 16.2. The molecule has 3 heterocycles. The summed E-state index contributed by atoms with van der Waals surface area (Å²) in [7, 11) is 0. The fourth-order valence-electron chi connectivity index (χ4n) is 4.83. The number of nitrogens with one attached hydrogen (secondary N) is 1. The summed E-state index contributed by atoms with van der Waals surface area (Å²) >= 11 is 0. The summed E-state index contributed by atoms with van der Waals surface area (Å²) in [5, 5.41) is 3.60. The second-order valence-corrected chi connectivity index (χ2v) is 8.86. The Kier molecular flexibility index (Phi) is 6.26. The zero-order chi connectivity index (χ0) is 22.6. The lowest BCUT2D eigenvalue weighted by Crippen LogP contribution is -2.50. The van der Waals surface area contributed by atoms with E-state index in [9.17, 15) is 4.79 Å². The Morgan fingerprint density at radius 1 is 0.909 bits per heavy atom. The number of pyridine rings is 1. The Hall–Kier alpha value is -3.38. The molecule has 2 saturated heterocycles. The molecule has 2 fully saturated rings. The number of aryl methyl sites for hydroxylation is 1. The lowest BCUT2D eigenvalue weighted by Gasteiger charge is -2.38. The van der Waals surface area contributed by atoms with Gasteiger partial charge >= 0.3 is 0 Å². The molecule has 2 aliphatic heterocycles.